The quantitative estimate of drug-likeness (QED) is 0.705. The maximum atomic E-state index is 10.6. The molecule has 1 fully saturated rings. The Kier molecular flexibility index (Phi) is 3.62. The molecule has 1 aliphatic heterocycles. The number of aliphatic carboxylic acids is 1. The number of carboxylic acid groups (broad SMARTS) is 1. The minimum absolute atomic E-state index is 0.0178. The van der Waals surface area contributed by atoms with Crippen molar-refractivity contribution in [3.05, 3.63) is 0 Å². The average Bonchev–Trinajstić information content (AvgIpc) is 1.93. The lowest BCUT2D eigenvalue weighted by Gasteiger charge is -2.41. The summed E-state index contributed by atoms with van der Waals surface area (Å²) in [6.07, 6.45) is 0.289. The molecule has 1 aliphatic rings. The van der Waals surface area contributed by atoms with Gasteiger partial charge in [0.15, 0.2) is 0 Å². The maximum Gasteiger partial charge on any atom is 0.304 e. The molecule has 1 saturated heterocycles. The molecule has 0 spiro atoms. The van der Waals surface area contributed by atoms with E-state index in [1.807, 2.05) is 0 Å². The summed E-state index contributed by atoms with van der Waals surface area (Å²) in [5.74, 6) is 1.00. The first-order valence-electron chi connectivity index (χ1n) is 4.60. The largest absolute Gasteiger partial charge is 0.481 e. The van der Waals surface area contributed by atoms with E-state index < -0.39 is 5.97 Å². The molecule has 76 valence electrons. The van der Waals surface area contributed by atoms with Gasteiger partial charge in [0.2, 0.25) is 0 Å². The van der Waals surface area contributed by atoms with Crippen molar-refractivity contribution in [3.63, 3.8) is 0 Å². The van der Waals surface area contributed by atoms with Gasteiger partial charge in [0.1, 0.15) is 0 Å². The van der Waals surface area contributed by atoms with Crippen molar-refractivity contribution in [1.29, 1.82) is 0 Å². The third-order valence-electron chi connectivity index (χ3n) is 2.09. The Hall–Kier alpha value is -0.220. The van der Waals surface area contributed by atoms with Gasteiger partial charge in [0.25, 0.3) is 0 Å². The molecular weight excluding hydrogens is 186 g/mol. The molecule has 4 heteroatoms. The van der Waals surface area contributed by atoms with Crippen molar-refractivity contribution in [2.24, 2.45) is 5.92 Å². The number of rotatable bonds is 5. The van der Waals surface area contributed by atoms with E-state index in [4.69, 9.17) is 5.11 Å². The molecular formula is C9H17NO2S. The Labute approximate surface area is 83.3 Å². The third kappa shape index (κ3) is 3.19. The van der Waals surface area contributed by atoms with Gasteiger partial charge in [0, 0.05) is 13.1 Å². The van der Waals surface area contributed by atoms with Crippen LogP contribution in [0.2, 0.25) is 0 Å². The van der Waals surface area contributed by atoms with Crippen molar-refractivity contribution in [3.8, 4) is 0 Å². The van der Waals surface area contributed by atoms with E-state index in [0.29, 0.717) is 5.92 Å². The van der Waals surface area contributed by atoms with E-state index in [1.165, 1.54) is 0 Å². The molecule has 2 N–H and O–H groups in total. The zero-order valence-electron chi connectivity index (χ0n) is 8.17. The van der Waals surface area contributed by atoms with Crippen molar-refractivity contribution in [2.45, 2.75) is 25.0 Å². The third-order valence-corrected chi connectivity index (χ3v) is 3.97. The maximum absolute atomic E-state index is 10.6. The molecule has 3 nitrogen and oxygen atoms in total. The lowest BCUT2D eigenvalue weighted by atomic mass is 9.98. The smallest absolute Gasteiger partial charge is 0.304 e. The first-order valence-corrected chi connectivity index (χ1v) is 5.59. The van der Waals surface area contributed by atoms with Gasteiger partial charge in [-0.3, -0.25) is 4.79 Å². The summed E-state index contributed by atoms with van der Waals surface area (Å²) >= 11 is 1.80. The number of hydrogen-bond acceptors (Lipinski definition) is 3. The Morgan fingerprint density at radius 3 is 2.54 bits per heavy atom. The van der Waals surface area contributed by atoms with Crippen LogP contribution in [0.3, 0.4) is 0 Å². The number of carbonyl (C=O) groups is 1. The Morgan fingerprint density at radius 2 is 2.23 bits per heavy atom. The summed E-state index contributed by atoms with van der Waals surface area (Å²) in [6, 6.07) is 0. The molecule has 1 heterocycles. The summed E-state index contributed by atoms with van der Waals surface area (Å²) in [5, 5.41) is 11.9. The Balaban J connectivity index is 2.36. The van der Waals surface area contributed by atoms with Gasteiger partial charge < -0.3 is 10.4 Å². The van der Waals surface area contributed by atoms with Crippen LogP contribution in [0.5, 0.6) is 0 Å². The van der Waals surface area contributed by atoms with Crippen LogP contribution in [-0.2, 0) is 4.79 Å². The highest BCUT2D eigenvalue weighted by Crippen LogP contribution is 2.34. The van der Waals surface area contributed by atoms with Crippen LogP contribution in [0.15, 0.2) is 0 Å². The van der Waals surface area contributed by atoms with Crippen LogP contribution in [0.4, 0.5) is 0 Å². The number of carboxylic acids is 1. The van der Waals surface area contributed by atoms with Gasteiger partial charge in [-0.25, -0.2) is 0 Å². The molecule has 0 unspecified atom stereocenters. The first-order chi connectivity index (χ1) is 6.04. The monoisotopic (exact) mass is 203 g/mol. The fourth-order valence-corrected chi connectivity index (χ4v) is 2.62. The van der Waals surface area contributed by atoms with E-state index >= 15 is 0 Å². The predicted molar refractivity (Wildman–Crippen MR) is 55.1 cm³/mol. The number of thioether (sulfide) groups is 1. The minimum atomic E-state index is -0.683. The van der Waals surface area contributed by atoms with Crippen LogP contribution < -0.4 is 5.32 Å². The van der Waals surface area contributed by atoms with E-state index in [0.717, 1.165) is 18.8 Å². The van der Waals surface area contributed by atoms with E-state index in [9.17, 15) is 4.79 Å². The van der Waals surface area contributed by atoms with E-state index in [2.05, 4.69) is 19.2 Å². The van der Waals surface area contributed by atoms with Gasteiger partial charge in [-0.1, -0.05) is 13.8 Å². The summed E-state index contributed by atoms with van der Waals surface area (Å²) < 4.78 is -0.0178. The molecule has 0 atom stereocenters. The standard InChI is InChI=1S/C9H17NO2S/c1-7(2)4-13-9(3-8(11)12)5-10-6-9/h7,10H,3-6H2,1-2H3,(H,11,12). The summed E-state index contributed by atoms with van der Waals surface area (Å²) in [6.45, 7) is 6.01. The average molecular weight is 203 g/mol. The van der Waals surface area contributed by atoms with Gasteiger partial charge in [0.05, 0.1) is 11.2 Å². The SMILES string of the molecule is CC(C)CSC1(CC(=O)O)CNC1. The summed E-state index contributed by atoms with van der Waals surface area (Å²) in [5.41, 5.74) is 0. The minimum Gasteiger partial charge on any atom is -0.481 e. The van der Waals surface area contributed by atoms with Crippen LogP contribution in [0.25, 0.3) is 0 Å². The highest BCUT2D eigenvalue weighted by atomic mass is 32.2. The molecule has 0 aromatic heterocycles. The lowest BCUT2D eigenvalue weighted by molar-refractivity contribution is -0.138. The fourth-order valence-electron chi connectivity index (χ4n) is 1.30. The Bertz CT molecular complexity index is 190. The second kappa shape index (κ2) is 4.33. The van der Waals surface area contributed by atoms with Crippen molar-refractivity contribution >= 4 is 17.7 Å². The molecule has 0 amide bonds. The van der Waals surface area contributed by atoms with Gasteiger partial charge in [-0.2, -0.15) is 11.8 Å². The molecule has 0 bridgehead atoms. The van der Waals surface area contributed by atoms with Gasteiger partial charge >= 0.3 is 5.97 Å². The van der Waals surface area contributed by atoms with Crippen molar-refractivity contribution in [1.82, 2.24) is 5.32 Å². The predicted octanol–water partition coefficient (Wildman–Crippen LogP) is 1.19. The topological polar surface area (TPSA) is 49.3 Å². The first kappa shape index (κ1) is 10.9. The molecule has 0 aromatic carbocycles. The molecule has 0 aliphatic carbocycles. The second-order valence-electron chi connectivity index (χ2n) is 4.06. The summed E-state index contributed by atoms with van der Waals surface area (Å²) in [7, 11) is 0. The lowest BCUT2D eigenvalue weighted by Crippen LogP contribution is -2.58. The van der Waals surface area contributed by atoms with Crippen molar-refractivity contribution < 1.29 is 9.90 Å². The Morgan fingerprint density at radius 1 is 1.62 bits per heavy atom. The van der Waals surface area contributed by atoms with Crippen LogP contribution in [0, 0.1) is 5.92 Å². The molecule has 13 heavy (non-hydrogen) atoms. The molecule has 0 saturated carbocycles. The molecule has 1 rings (SSSR count). The van der Waals surface area contributed by atoms with Crippen molar-refractivity contribution in [2.75, 3.05) is 18.8 Å². The highest BCUT2D eigenvalue weighted by molar-refractivity contribution is 8.00. The number of nitrogens with one attached hydrogen (secondary N) is 1. The van der Waals surface area contributed by atoms with Crippen LogP contribution in [-0.4, -0.2) is 34.7 Å². The zero-order chi connectivity index (χ0) is 9.90. The number of hydrogen-bond donors (Lipinski definition) is 2. The highest BCUT2D eigenvalue weighted by Gasteiger charge is 2.39. The van der Waals surface area contributed by atoms with Gasteiger partial charge in [-0.05, 0) is 11.7 Å². The van der Waals surface area contributed by atoms with Crippen LogP contribution >= 0.6 is 11.8 Å². The van der Waals surface area contributed by atoms with E-state index in [1.54, 1.807) is 11.8 Å². The fraction of sp³-hybridized carbons (Fsp3) is 0.889. The molecule has 0 aromatic rings. The van der Waals surface area contributed by atoms with E-state index in [-0.39, 0.29) is 11.2 Å². The molecule has 0 radical (unpaired) electrons. The second-order valence-corrected chi connectivity index (χ2v) is 5.55. The summed E-state index contributed by atoms with van der Waals surface area (Å²) in [4.78, 5) is 10.6. The zero-order valence-corrected chi connectivity index (χ0v) is 8.99. The normalized spacial score (nSPS) is 19.9. The van der Waals surface area contributed by atoms with Gasteiger partial charge in [-0.15, -0.1) is 0 Å². The van der Waals surface area contributed by atoms with Crippen LogP contribution in [0.1, 0.15) is 20.3 Å².